The largest absolute Gasteiger partial charge is 2.00 e. The Labute approximate surface area is 280 Å². The van der Waals surface area contributed by atoms with Gasteiger partial charge in [0.2, 0.25) is 0 Å². The van der Waals surface area contributed by atoms with E-state index in [0.717, 1.165) is 27.6 Å². The van der Waals surface area contributed by atoms with Crippen LogP contribution in [0.15, 0.2) is 104 Å². The minimum absolute atomic E-state index is 0. The first-order valence-corrected chi connectivity index (χ1v) is 14.7. The van der Waals surface area contributed by atoms with Crippen LogP contribution >= 0.6 is 0 Å². The zero-order chi connectivity index (χ0) is 31.1. The molecule has 0 saturated heterocycles. The number of benzene rings is 4. The summed E-state index contributed by atoms with van der Waals surface area (Å²) in [4.78, 5) is 4.74. The summed E-state index contributed by atoms with van der Waals surface area (Å²) in [6.45, 7) is 5.18. The van der Waals surface area contributed by atoms with E-state index >= 15 is 0 Å². The van der Waals surface area contributed by atoms with E-state index in [0.29, 0.717) is 39.4 Å². The maximum Gasteiger partial charge on any atom is 2.00 e. The van der Waals surface area contributed by atoms with Gasteiger partial charge >= 0.3 is 21.1 Å². The number of halogens is 2. The molecule has 0 amide bonds. The number of aromatic nitrogens is 4. The third kappa shape index (κ3) is 5.76. The molecule has 0 bridgehead atoms. The van der Waals surface area contributed by atoms with Gasteiger partial charge in [-0.15, -0.1) is 35.7 Å². The van der Waals surface area contributed by atoms with Crippen LogP contribution in [0, 0.1) is 12.1 Å². The normalized spacial score (nSPS) is 11.6. The smallest absolute Gasteiger partial charge is 0.509 e. The van der Waals surface area contributed by atoms with Crippen LogP contribution < -0.4 is 4.74 Å². The van der Waals surface area contributed by atoms with Gasteiger partial charge in [0.05, 0.1) is 6.20 Å². The molecule has 0 N–H and O–H groups in total. The average Bonchev–Trinajstić information content (AvgIpc) is 3.67. The minimum Gasteiger partial charge on any atom is -0.509 e. The van der Waals surface area contributed by atoms with Crippen molar-refractivity contribution in [1.29, 1.82) is 0 Å². The topological polar surface area (TPSA) is 44.9 Å². The molecule has 3 heterocycles. The predicted molar refractivity (Wildman–Crippen MR) is 174 cm³/mol. The van der Waals surface area contributed by atoms with Crippen LogP contribution in [0.2, 0.25) is 0 Å². The number of pyridine rings is 1. The number of ether oxygens (including phenoxy) is 1. The van der Waals surface area contributed by atoms with Crippen LogP contribution in [0.1, 0.15) is 37.5 Å². The van der Waals surface area contributed by atoms with Crippen LogP contribution in [0.3, 0.4) is 0 Å². The molecule has 0 fully saturated rings. The van der Waals surface area contributed by atoms with E-state index in [1.165, 1.54) is 5.56 Å². The first kappa shape index (κ1) is 31.4. The van der Waals surface area contributed by atoms with E-state index in [1.807, 2.05) is 48.7 Å². The molecule has 0 aliphatic heterocycles. The zero-order valence-corrected chi connectivity index (χ0v) is 27.8. The van der Waals surface area contributed by atoms with E-state index in [2.05, 4.69) is 66.8 Å². The van der Waals surface area contributed by atoms with Crippen LogP contribution in [0.25, 0.3) is 44.4 Å². The summed E-state index contributed by atoms with van der Waals surface area (Å²) in [5, 5.41) is 6.61. The van der Waals surface area contributed by atoms with Gasteiger partial charge in [-0.25, -0.2) is 13.8 Å². The molecule has 0 aliphatic rings. The van der Waals surface area contributed by atoms with Gasteiger partial charge in [0.25, 0.3) is 0 Å². The van der Waals surface area contributed by atoms with Gasteiger partial charge < -0.3 is 9.30 Å². The molecule has 0 spiro atoms. The van der Waals surface area contributed by atoms with E-state index < -0.39 is 13.3 Å². The summed E-state index contributed by atoms with van der Waals surface area (Å²) in [6, 6.07) is 33.6. The van der Waals surface area contributed by atoms with E-state index in [9.17, 15) is 8.78 Å². The first-order valence-electron chi connectivity index (χ1n) is 14.7. The number of hydrogen-bond donors (Lipinski definition) is 0. The number of nitrogens with zero attached hydrogens (tertiary/aromatic N) is 4. The van der Waals surface area contributed by atoms with Gasteiger partial charge in [0, 0.05) is 35.0 Å². The van der Waals surface area contributed by atoms with E-state index in [4.69, 9.17) is 9.72 Å². The van der Waals surface area contributed by atoms with Gasteiger partial charge in [0.1, 0.15) is 19.2 Å². The van der Waals surface area contributed by atoms with Crippen molar-refractivity contribution in [2.75, 3.05) is 0 Å². The van der Waals surface area contributed by atoms with Gasteiger partial charge in [-0.3, -0.25) is 4.68 Å². The van der Waals surface area contributed by atoms with Crippen LogP contribution in [-0.2, 0) is 39.8 Å². The second kappa shape index (κ2) is 12.6. The van der Waals surface area contributed by atoms with Crippen molar-refractivity contribution in [2.45, 2.75) is 39.5 Å². The fourth-order valence-corrected chi connectivity index (χ4v) is 5.76. The Hall–Kier alpha value is -4.61. The van der Waals surface area contributed by atoms with Gasteiger partial charge in [0.15, 0.2) is 0 Å². The average molecular weight is 792 g/mol. The predicted octanol–water partition coefficient (Wildman–Crippen LogP) is 9.66. The summed E-state index contributed by atoms with van der Waals surface area (Å²) in [6.07, 6.45) is 5.21. The summed E-state index contributed by atoms with van der Waals surface area (Å²) < 4.78 is 37.5. The molecule has 0 radical (unpaired) electrons. The van der Waals surface area contributed by atoms with E-state index in [-0.39, 0.29) is 26.5 Å². The van der Waals surface area contributed by atoms with Gasteiger partial charge in [-0.05, 0) is 56.9 Å². The van der Waals surface area contributed by atoms with Gasteiger partial charge in [-0.2, -0.15) is 17.2 Å². The van der Waals surface area contributed by atoms with Crippen LogP contribution in [-0.4, -0.2) is 19.3 Å². The van der Waals surface area contributed by atoms with Crippen molar-refractivity contribution in [3.63, 3.8) is 0 Å². The molecule has 5 nitrogen and oxygen atoms in total. The standard InChI is InChI=1S/C38H30F2N4O.Pt/c1-38(2,3)28-16-17-41-36(18-28)44-34-13-5-4-12-32(34)33-15-14-31(20-35(33)44)45-30-11-7-10-29(19-30)43-24-27(23-42-43)37-25(21-39)8-6-9-26(37)22-40;/h4-18,23-24H,21-22H2,1-3H3;/q-2;+2. The molecule has 4 aromatic carbocycles. The van der Waals surface area contributed by atoms with Crippen molar-refractivity contribution in [3.8, 4) is 34.1 Å². The number of fused-ring (bicyclic) bond motifs is 3. The second-order valence-corrected chi connectivity index (χ2v) is 12.0. The summed E-state index contributed by atoms with van der Waals surface area (Å²) in [5.41, 5.74) is 5.68. The van der Waals surface area contributed by atoms with Crippen molar-refractivity contribution < 1.29 is 34.6 Å². The summed E-state index contributed by atoms with van der Waals surface area (Å²) in [5.74, 6) is 1.82. The van der Waals surface area contributed by atoms with E-state index in [1.54, 1.807) is 35.3 Å². The second-order valence-electron chi connectivity index (χ2n) is 12.0. The third-order valence-electron chi connectivity index (χ3n) is 8.01. The maximum atomic E-state index is 13.7. The molecule has 8 heteroatoms. The monoisotopic (exact) mass is 791 g/mol. The number of alkyl halides is 2. The molecule has 46 heavy (non-hydrogen) atoms. The molecule has 0 unspecified atom stereocenters. The molecule has 7 rings (SSSR count). The van der Waals surface area contributed by atoms with Crippen molar-refractivity contribution in [3.05, 3.63) is 132 Å². The summed E-state index contributed by atoms with van der Waals surface area (Å²) >= 11 is 0. The Morgan fingerprint density at radius 3 is 2.30 bits per heavy atom. The summed E-state index contributed by atoms with van der Waals surface area (Å²) in [7, 11) is 0. The molecule has 3 aromatic heterocycles. The van der Waals surface area contributed by atoms with Crippen LogP contribution in [0.5, 0.6) is 11.5 Å². The SMILES string of the molecule is CC(C)(C)c1ccnc(-n2c3[c-]c(Oc4[c-]c(-n5cc(-c6c(CF)cccc6CF)cn5)ccc4)ccc3c3ccccc32)c1.[Pt+2]. The fourth-order valence-electron chi connectivity index (χ4n) is 5.76. The molecule has 0 atom stereocenters. The van der Waals surface area contributed by atoms with Crippen molar-refractivity contribution in [1.82, 2.24) is 19.3 Å². The van der Waals surface area contributed by atoms with Crippen LogP contribution in [0.4, 0.5) is 8.78 Å². The Bertz CT molecular complexity index is 2160. The molecule has 232 valence electrons. The first-order chi connectivity index (χ1) is 21.8. The Balaban J connectivity index is 0.00000372. The third-order valence-corrected chi connectivity index (χ3v) is 8.01. The molecular weight excluding hydrogens is 762 g/mol. The Morgan fingerprint density at radius 1 is 0.804 bits per heavy atom. The molecule has 7 aromatic rings. The molecule has 0 aliphatic carbocycles. The zero-order valence-electron chi connectivity index (χ0n) is 25.5. The Morgan fingerprint density at radius 2 is 1.54 bits per heavy atom. The van der Waals surface area contributed by atoms with Crippen molar-refractivity contribution in [2.24, 2.45) is 0 Å². The quantitative estimate of drug-likeness (QED) is 0.151. The molecule has 0 saturated carbocycles. The fraction of sp³-hybridized carbons (Fsp3) is 0.158. The number of para-hydroxylation sites is 1. The number of hydrogen-bond acceptors (Lipinski definition) is 3. The van der Waals surface area contributed by atoms with Gasteiger partial charge in [-0.1, -0.05) is 62.7 Å². The minimum atomic E-state index is -0.693. The number of rotatable bonds is 7. The van der Waals surface area contributed by atoms with Crippen molar-refractivity contribution >= 4 is 21.8 Å². The maximum absolute atomic E-state index is 13.7. The molecular formula is C38H30F2N4OPt. The Kier molecular flexibility index (Phi) is 8.63.